The zero-order valence-electron chi connectivity index (χ0n) is 23.2. The molecular weight excluding hydrogens is 472 g/mol. The van der Waals surface area contributed by atoms with Gasteiger partial charge in [0, 0.05) is 53.5 Å². The van der Waals surface area contributed by atoms with E-state index in [0.29, 0.717) is 31.6 Å². The molecule has 2 saturated heterocycles. The number of nitrogens with zero attached hydrogens (tertiary/aromatic N) is 5. The van der Waals surface area contributed by atoms with Crippen molar-refractivity contribution in [2.75, 3.05) is 5.32 Å². The van der Waals surface area contributed by atoms with Gasteiger partial charge >= 0.3 is 12.0 Å². The summed E-state index contributed by atoms with van der Waals surface area (Å²) in [7, 11) is 0. The first kappa shape index (κ1) is 27.5. The fourth-order valence-electron chi connectivity index (χ4n) is 5.96. The maximum absolute atomic E-state index is 12.8. The molecule has 0 aliphatic carbocycles. The number of piperidine rings is 2. The zero-order valence-corrected chi connectivity index (χ0v) is 23.2. The van der Waals surface area contributed by atoms with E-state index < -0.39 is 22.2 Å². The molecule has 1 N–H and O–H groups in total. The van der Waals surface area contributed by atoms with Crippen LogP contribution >= 0.6 is 0 Å². The van der Waals surface area contributed by atoms with Crippen LogP contribution in [0.1, 0.15) is 81.1 Å². The van der Waals surface area contributed by atoms with E-state index in [1.807, 2.05) is 85.7 Å². The molecule has 10 heteroatoms. The summed E-state index contributed by atoms with van der Waals surface area (Å²) in [6.07, 6.45) is 1.63. The Labute approximate surface area is 219 Å². The number of nitrogens with one attached hydrogen (secondary N) is 1. The molecule has 1 aromatic carbocycles. The predicted octanol–water partition coefficient (Wildman–Crippen LogP) is 5.11. The van der Waals surface area contributed by atoms with Crippen LogP contribution in [0.15, 0.2) is 30.3 Å². The monoisotopic (exact) mass is 512 g/mol. The minimum Gasteiger partial charge on any atom is -0.460 e. The Morgan fingerprint density at radius 1 is 0.676 bits per heavy atom. The van der Waals surface area contributed by atoms with Gasteiger partial charge in [-0.15, -0.1) is 25.5 Å². The minimum absolute atomic E-state index is 0.138. The Hall–Kier alpha value is -2.53. The van der Waals surface area contributed by atoms with E-state index in [0.717, 1.165) is 15.8 Å². The molecule has 2 aliphatic rings. The Balaban J connectivity index is 1.61. The molecule has 0 unspecified atom stereocenters. The van der Waals surface area contributed by atoms with Crippen molar-refractivity contribution in [3.8, 4) is 12.0 Å². The Morgan fingerprint density at radius 2 is 1.05 bits per heavy atom. The molecule has 0 atom stereocenters. The number of hydrogen-bond donors (Lipinski definition) is 1. The number of aromatic nitrogens is 3. The first-order valence-corrected chi connectivity index (χ1v) is 12.9. The lowest BCUT2D eigenvalue weighted by atomic mass is 9.80. The van der Waals surface area contributed by atoms with Crippen LogP contribution in [0.3, 0.4) is 0 Å². The largest absolute Gasteiger partial charge is 0.460 e. The van der Waals surface area contributed by atoms with Crippen LogP contribution in [0, 0.1) is 0 Å². The molecule has 0 saturated carbocycles. The average Bonchev–Trinajstić information content (AvgIpc) is 2.75. The second kappa shape index (κ2) is 9.65. The Morgan fingerprint density at radius 3 is 1.43 bits per heavy atom. The molecule has 4 rings (SSSR count). The van der Waals surface area contributed by atoms with Gasteiger partial charge in [0.2, 0.25) is 5.95 Å². The van der Waals surface area contributed by atoms with Crippen molar-refractivity contribution < 1.29 is 19.9 Å². The van der Waals surface area contributed by atoms with Crippen molar-refractivity contribution in [2.24, 2.45) is 0 Å². The molecule has 10 nitrogen and oxygen atoms in total. The van der Waals surface area contributed by atoms with Gasteiger partial charge in [-0.3, -0.25) is 0 Å². The number of hydrogen-bond acceptors (Lipinski definition) is 8. The molecule has 3 heterocycles. The number of benzene rings is 1. The highest BCUT2D eigenvalue weighted by atomic mass is 16.5. The summed E-state index contributed by atoms with van der Waals surface area (Å²) in [5.74, 6) is 0.297. The minimum atomic E-state index is -0.590. The van der Waals surface area contributed by atoms with Crippen molar-refractivity contribution >= 4 is 11.6 Å². The fraction of sp³-hybridized carbons (Fsp3) is 0.667. The SMILES string of the molecule is CC1(C)CC(Oc2nc(Nc3ccccc3)nc(OC3CC(C)(C)N([O])C(C)(C)C3)n2)CC(C)(C)N1[O]. The third kappa shape index (κ3) is 6.14. The summed E-state index contributed by atoms with van der Waals surface area (Å²) in [5, 5.41) is 31.1. The zero-order chi connectivity index (χ0) is 27.2. The van der Waals surface area contributed by atoms with Gasteiger partial charge in [-0.25, -0.2) is 0 Å². The molecule has 1 aromatic heterocycles. The lowest BCUT2D eigenvalue weighted by Gasteiger charge is -2.49. The summed E-state index contributed by atoms with van der Waals surface area (Å²) < 4.78 is 12.6. The summed E-state index contributed by atoms with van der Waals surface area (Å²) >= 11 is 0. The third-order valence-electron chi connectivity index (χ3n) is 7.28. The normalized spacial score (nSPS) is 23.9. The highest BCUT2D eigenvalue weighted by molar-refractivity contribution is 5.52. The average molecular weight is 513 g/mol. The van der Waals surface area contributed by atoms with Crippen LogP contribution in [-0.2, 0) is 10.4 Å². The van der Waals surface area contributed by atoms with Crippen LogP contribution in [-0.4, -0.2) is 59.4 Å². The van der Waals surface area contributed by atoms with Gasteiger partial charge in [-0.2, -0.15) is 9.97 Å². The van der Waals surface area contributed by atoms with Gasteiger partial charge < -0.3 is 14.8 Å². The van der Waals surface area contributed by atoms with E-state index in [2.05, 4.69) is 20.3 Å². The number of anilines is 2. The first-order chi connectivity index (χ1) is 17.1. The third-order valence-corrected chi connectivity index (χ3v) is 7.28. The standard InChI is InChI=1S/C27H40N6O4/c1-24(2)14-19(15-25(3,4)32(24)34)36-22-29-21(28-18-12-10-9-11-13-18)30-23(31-22)37-20-16-26(5,6)33(35)27(7,8)17-20/h9-13,19-20H,14-17H2,1-8H3,(H,28,29,30,31). The fourth-order valence-corrected chi connectivity index (χ4v) is 5.96. The van der Waals surface area contributed by atoms with Gasteiger partial charge in [-0.1, -0.05) is 18.2 Å². The topological polar surface area (TPSA) is 115 Å². The molecule has 2 aromatic rings. The highest BCUT2D eigenvalue weighted by Gasteiger charge is 2.48. The molecule has 202 valence electrons. The molecule has 2 radical (unpaired) electrons. The summed E-state index contributed by atoms with van der Waals surface area (Å²) in [5.41, 5.74) is -1.55. The van der Waals surface area contributed by atoms with Crippen molar-refractivity contribution in [1.29, 1.82) is 0 Å². The second-order valence-corrected chi connectivity index (χ2v) is 12.8. The molecule has 0 bridgehead atoms. The van der Waals surface area contributed by atoms with Crippen LogP contribution in [0.25, 0.3) is 0 Å². The van der Waals surface area contributed by atoms with Gasteiger partial charge in [0.15, 0.2) is 0 Å². The van der Waals surface area contributed by atoms with Crippen molar-refractivity contribution in [3.63, 3.8) is 0 Å². The van der Waals surface area contributed by atoms with Gasteiger partial charge in [0.05, 0.1) is 0 Å². The molecular formula is C27H40N6O4. The maximum atomic E-state index is 12.8. The van der Waals surface area contributed by atoms with Crippen molar-refractivity contribution in [3.05, 3.63) is 30.3 Å². The molecule has 2 fully saturated rings. The van der Waals surface area contributed by atoms with Crippen molar-refractivity contribution in [1.82, 2.24) is 25.1 Å². The number of rotatable bonds is 6. The highest BCUT2D eigenvalue weighted by Crippen LogP contribution is 2.40. The molecule has 37 heavy (non-hydrogen) atoms. The van der Waals surface area contributed by atoms with E-state index in [1.54, 1.807) is 0 Å². The first-order valence-electron chi connectivity index (χ1n) is 12.9. The Bertz CT molecular complexity index is 993. The smallest absolute Gasteiger partial charge is 0.324 e. The van der Waals surface area contributed by atoms with E-state index >= 15 is 0 Å². The second-order valence-electron chi connectivity index (χ2n) is 12.8. The quantitative estimate of drug-likeness (QED) is 0.568. The summed E-state index contributed by atoms with van der Waals surface area (Å²) in [6.45, 7) is 15.4. The van der Waals surface area contributed by atoms with E-state index in [9.17, 15) is 10.4 Å². The van der Waals surface area contributed by atoms with Gasteiger partial charge in [0.1, 0.15) is 12.2 Å². The van der Waals surface area contributed by atoms with Crippen LogP contribution in [0.4, 0.5) is 11.6 Å². The summed E-state index contributed by atoms with van der Waals surface area (Å²) in [6, 6.07) is 9.86. The molecule has 0 amide bonds. The van der Waals surface area contributed by atoms with Gasteiger partial charge in [-0.05, 0) is 67.5 Å². The van der Waals surface area contributed by atoms with E-state index in [1.165, 1.54) is 0 Å². The van der Waals surface area contributed by atoms with Crippen LogP contribution in [0.5, 0.6) is 12.0 Å². The van der Waals surface area contributed by atoms with Crippen molar-refractivity contribution in [2.45, 2.75) is 115 Å². The number of hydroxylamine groups is 4. The lowest BCUT2D eigenvalue weighted by Crippen LogP contribution is -2.60. The van der Waals surface area contributed by atoms with E-state index in [-0.39, 0.29) is 24.2 Å². The van der Waals surface area contributed by atoms with Gasteiger partial charge in [0.25, 0.3) is 0 Å². The lowest BCUT2D eigenvalue weighted by molar-refractivity contribution is -0.297. The predicted molar refractivity (Wildman–Crippen MR) is 138 cm³/mol. The van der Waals surface area contributed by atoms with E-state index in [4.69, 9.17) is 9.47 Å². The Kier molecular flexibility index (Phi) is 7.17. The van der Waals surface area contributed by atoms with Crippen LogP contribution < -0.4 is 14.8 Å². The summed E-state index contributed by atoms with van der Waals surface area (Å²) in [4.78, 5) is 13.5. The van der Waals surface area contributed by atoms with Crippen LogP contribution in [0.2, 0.25) is 0 Å². The number of ether oxygens (including phenoxy) is 2. The molecule has 2 aliphatic heterocycles. The number of para-hydroxylation sites is 1. The maximum Gasteiger partial charge on any atom is 0.324 e. The molecule has 0 spiro atoms.